The van der Waals surface area contributed by atoms with E-state index in [2.05, 4.69) is 4.98 Å². The molecule has 1 aromatic carbocycles. The third-order valence-corrected chi connectivity index (χ3v) is 2.30. The predicted molar refractivity (Wildman–Crippen MR) is 60.7 cm³/mol. The van der Waals surface area contributed by atoms with Crippen LogP contribution >= 0.6 is 0 Å². The summed E-state index contributed by atoms with van der Waals surface area (Å²) in [5.41, 5.74) is 12.1. The van der Waals surface area contributed by atoms with Crippen LogP contribution < -0.4 is 11.5 Å². The van der Waals surface area contributed by atoms with E-state index < -0.39 is 5.91 Å². The van der Waals surface area contributed by atoms with Gasteiger partial charge in [0.05, 0.1) is 6.33 Å². The number of aromatic nitrogens is 2. The third-order valence-electron chi connectivity index (χ3n) is 2.30. The average Bonchev–Trinajstić information content (AvgIpc) is 2.61. The molecule has 5 heteroatoms. The molecule has 4 N–H and O–H groups in total. The summed E-state index contributed by atoms with van der Waals surface area (Å²) in [5.74, 6) is -0.394. The maximum Gasteiger partial charge on any atom is 0.269 e. The molecule has 0 aliphatic carbocycles. The van der Waals surface area contributed by atoms with E-state index >= 15 is 0 Å². The van der Waals surface area contributed by atoms with Crippen LogP contribution in [0.2, 0.25) is 0 Å². The summed E-state index contributed by atoms with van der Waals surface area (Å²) in [7, 11) is 0. The van der Waals surface area contributed by atoms with Gasteiger partial charge in [-0.3, -0.25) is 4.79 Å². The molecule has 0 saturated carbocycles. The van der Waals surface area contributed by atoms with Gasteiger partial charge in [0.15, 0.2) is 11.5 Å². The van der Waals surface area contributed by atoms with Gasteiger partial charge < -0.3 is 16.0 Å². The van der Waals surface area contributed by atoms with Crippen LogP contribution in [0.3, 0.4) is 0 Å². The highest BCUT2D eigenvalue weighted by atomic mass is 16.1. The Morgan fingerprint density at radius 2 is 2.00 bits per heavy atom. The van der Waals surface area contributed by atoms with E-state index in [4.69, 9.17) is 11.5 Å². The van der Waals surface area contributed by atoms with Crippen molar-refractivity contribution in [3.63, 3.8) is 0 Å². The van der Waals surface area contributed by atoms with Crippen LogP contribution in [0.4, 0.5) is 5.82 Å². The quantitative estimate of drug-likeness (QED) is 0.788. The van der Waals surface area contributed by atoms with Gasteiger partial charge in [-0.25, -0.2) is 4.98 Å². The van der Waals surface area contributed by atoms with Crippen LogP contribution in [-0.4, -0.2) is 15.5 Å². The number of primary amides is 1. The maximum absolute atomic E-state index is 11.2. The van der Waals surface area contributed by atoms with E-state index in [9.17, 15) is 4.79 Å². The number of amides is 1. The zero-order valence-electron chi connectivity index (χ0n) is 8.63. The molecule has 1 heterocycles. The van der Waals surface area contributed by atoms with Crippen molar-refractivity contribution in [1.29, 1.82) is 0 Å². The van der Waals surface area contributed by atoms with Gasteiger partial charge in [0, 0.05) is 6.54 Å². The number of benzene rings is 1. The lowest BCUT2D eigenvalue weighted by atomic mass is 10.2. The van der Waals surface area contributed by atoms with E-state index in [1.807, 2.05) is 30.3 Å². The standard InChI is InChI=1S/C11H12N4O/c12-10-9(11(13)16)15(7-14-10)6-8-4-2-1-3-5-8/h1-5,7H,6,12H2,(H2,13,16). The van der Waals surface area contributed by atoms with Crippen LogP contribution in [0.25, 0.3) is 0 Å². The second kappa shape index (κ2) is 4.06. The van der Waals surface area contributed by atoms with Crippen molar-refractivity contribution in [3.05, 3.63) is 47.9 Å². The summed E-state index contributed by atoms with van der Waals surface area (Å²) in [6.45, 7) is 0.531. The minimum atomic E-state index is -0.564. The van der Waals surface area contributed by atoms with Crippen LogP contribution in [0.5, 0.6) is 0 Å². The van der Waals surface area contributed by atoms with E-state index in [0.29, 0.717) is 6.54 Å². The summed E-state index contributed by atoms with van der Waals surface area (Å²) < 4.78 is 1.65. The first-order chi connectivity index (χ1) is 7.68. The Morgan fingerprint density at radius 1 is 1.31 bits per heavy atom. The number of rotatable bonds is 3. The van der Waals surface area contributed by atoms with Crippen molar-refractivity contribution < 1.29 is 4.79 Å². The minimum Gasteiger partial charge on any atom is -0.382 e. The first-order valence-corrected chi connectivity index (χ1v) is 4.83. The molecule has 0 bridgehead atoms. The first-order valence-electron chi connectivity index (χ1n) is 4.83. The highest BCUT2D eigenvalue weighted by Crippen LogP contribution is 2.11. The molecule has 0 atom stereocenters. The first kappa shape index (κ1) is 10.2. The number of anilines is 1. The Morgan fingerprint density at radius 3 is 2.62 bits per heavy atom. The van der Waals surface area contributed by atoms with Crippen molar-refractivity contribution in [2.24, 2.45) is 5.73 Å². The summed E-state index contributed by atoms with van der Waals surface area (Å²) in [6.07, 6.45) is 1.52. The fraction of sp³-hybridized carbons (Fsp3) is 0.0909. The predicted octanol–water partition coefficient (Wildman–Crippen LogP) is 0.612. The number of nitrogens with two attached hydrogens (primary N) is 2. The second-order valence-electron chi connectivity index (χ2n) is 3.46. The molecule has 0 saturated heterocycles. The zero-order valence-corrected chi connectivity index (χ0v) is 8.63. The molecule has 0 spiro atoms. The van der Waals surface area contributed by atoms with Crippen LogP contribution in [-0.2, 0) is 6.54 Å². The Kier molecular flexibility index (Phi) is 2.59. The fourth-order valence-corrected chi connectivity index (χ4v) is 1.57. The fourth-order valence-electron chi connectivity index (χ4n) is 1.57. The normalized spacial score (nSPS) is 10.2. The number of nitrogens with zero attached hydrogens (tertiary/aromatic N) is 2. The van der Waals surface area contributed by atoms with Crippen LogP contribution in [0, 0.1) is 0 Å². The van der Waals surface area contributed by atoms with Crippen molar-refractivity contribution in [2.75, 3.05) is 5.73 Å². The SMILES string of the molecule is NC(=O)c1c(N)ncn1Cc1ccccc1. The van der Waals surface area contributed by atoms with E-state index in [0.717, 1.165) is 5.56 Å². The lowest BCUT2D eigenvalue weighted by Crippen LogP contribution is -2.18. The second-order valence-corrected chi connectivity index (χ2v) is 3.46. The number of carbonyl (C=O) groups is 1. The van der Waals surface area contributed by atoms with Crippen molar-refractivity contribution in [1.82, 2.24) is 9.55 Å². The molecular weight excluding hydrogens is 204 g/mol. The third kappa shape index (κ3) is 1.88. The molecule has 1 aromatic heterocycles. The summed E-state index contributed by atoms with van der Waals surface area (Å²) in [6, 6.07) is 9.71. The van der Waals surface area contributed by atoms with Gasteiger partial charge >= 0.3 is 0 Å². The minimum absolute atomic E-state index is 0.170. The van der Waals surface area contributed by atoms with Gasteiger partial charge in [-0.1, -0.05) is 30.3 Å². The number of hydrogen-bond acceptors (Lipinski definition) is 3. The molecular formula is C11H12N4O. The molecule has 82 valence electrons. The summed E-state index contributed by atoms with van der Waals surface area (Å²) >= 11 is 0. The van der Waals surface area contributed by atoms with Crippen molar-refractivity contribution in [2.45, 2.75) is 6.54 Å². The Hall–Kier alpha value is -2.30. The van der Waals surface area contributed by atoms with Gasteiger partial charge in [0.2, 0.25) is 0 Å². The number of carbonyl (C=O) groups excluding carboxylic acids is 1. The van der Waals surface area contributed by atoms with Gasteiger partial charge in [0.25, 0.3) is 5.91 Å². The van der Waals surface area contributed by atoms with E-state index in [-0.39, 0.29) is 11.5 Å². The molecule has 1 amide bonds. The molecule has 0 radical (unpaired) electrons. The Bertz CT molecular complexity index is 504. The number of hydrogen-bond donors (Lipinski definition) is 2. The van der Waals surface area contributed by atoms with Gasteiger partial charge in [-0.2, -0.15) is 0 Å². The number of imidazole rings is 1. The van der Waals surface area contributed by atoms with Crippen molar-refractivity contribution >= 4 is 11.7 Å². The van der Waals surface area contributed by atoms with Crippen LogP contribution in [0.15, 0.2) is 36.7 Å². The molecule has 5 nitrogen and oxygen atoms in total. The van der Waals surface area contributed by atoms with E-state index in [1.165, 1.54) is 6.33 Å². The molecule has 0 fully saturated rings. The lowest BCUT2D eigenvalue weighted by molar-refractivity contribution is 0.0993. The molecule has 0 aliphatic heterocycles. The summed E-state index contributed by atoms with van der Waals surface area (Å²) in [5, 5.41) is 0. The highest BCUT2D eigenvalue weighted by Gasteiger charge is 2.13. The van der Waals surface area contributed by atoms with Crippen molar-refractivity contribution in [3.8, 4) is 0 Å². The smallest absolute Gasteiger partial charge is 0.269 e. The molecule has 2 aromatic rings. The lowest BCUT2D eigenvalue weighted by Gasteiger charge is -2.05. The van der Waals surface area contributed by atoms with Gasteiger partial charge in [-0.05, 0) is 5.56 Å². The van der Waals surface area contributed by atoms with Gasteiger partial charge in [-0.15, -0.1) is 0 Å². The molecule has 0 aliphatic rings. The largest absolute Gasteiger partial charge is 0.382 e. The summed E-state index contributed by atoms with van der Waals surface area (Å²) in [4.78, 5) is 15.0. The molecule has 2 rings (SSSR count). The maximum atomic E-state index is 11.2. The van der Waals surface area contributed by atoms with E-state index in [1.54, 1.807) is 4.57 Å². The monoisotopic (exact) mass is 216 g/mol. The number of nitrogen functional groups attached to an aromatic ring is 1. The molecule has 16 heavy (non-hydrogen) atoms. The van der Waals surface area contributed by atoms with Gasteiger partial charge in [0.1, 0.15) is 0 Å². The zero-order chi connectivity index (χ0) is 11.5. The molecule has 0 unspecified atom stereocenters. The Balaban J connectivity index is 2.32. The Labute approximate surface area is 92.7 Å². The highest BCUT2D eigenvalue weighted by molar-refractivity contribution is 5.95. The average molecular weight is 216 g/mol. The van der Waals surface area contributed by atoms with Crippen LogP contribution in [0.1, 0.15) is 16.1 Å². The topological polar surface area (TPSA) is 86.9 Å².